The Kier molecular flexibility index (Phi) is 5.73. The van der Waals surface area contributed by atoms with Crippen LogP contribution in [0.1, 0.15) is 10.4 Å². The van der Waals surface area contributed by atoms with Crippen molar-refractivity contribution in [1.82, 2.24) is 0 Å². The molecule has 0 heterocycles. The first-order chi connectivity index (χ1) is 13.8. The normalized spacial score (nSPS) is 10.4. The van der Waals surface area contributed by atoms with Crippen LogP contribution in [0.15, 0.2) is 60.7 Å². The summed E-state index contributed by atoms with van der Waals surface area (Å²) in [5.74, 6) is -1.32. The minimum Gasteiger partial charge on any atom is -0.452 e. The van der Waals surface area contributed by atoms with Gasteiger partial charge in [-0.1, -0.05) is 30.3 Å². The van der Waals surface area contributed by atoms with Crippen molar-refractivity contribution >= 4 is 39.7 Å². The maximum atomic E-state index is 12.4. The quantitative estimate of drug-likeness (QED) is 0.390. The molecule has 148 valence electrons. The number of carbonyl (C=O) groups is 2. The van der Waals surface area contributed by atoms with Crippen molar-refractivity contribution < 1.29 is 19.2 Å². The molecule has 0 aliphatic rings. The Hall–Kier alpha value is -3.94. The highest BCUT2D eigenvalue weighted by atomic mass is 16.6. The highest BCUT2D eigenvalue weighted by Crippen LogP contribution is 2.25. The summed E-state index contributed by atoms with van der Waals surface area (Å²) in [5, 5.41) is 15.7. The zero-order chi connectivity index (χ0) is 21.0. The highest BCUT2D eigenvalue weighted by Gasteiger charge is 2.20. The highest BCUT2D eigenvalue weighted by molar-refractivity contribution is 6.00. The molecule has 0 aromatic heterocycles. The number of non-ortho nitro benzene ring substituents is 1. The number of hydrogen-bond donors (Lipinski definition) is 1. The van der Waals surface area contributed by atoms with Gasteiger partial charge in [0.25, 0.3) is 11.6 Å². The monoisotopic (exact) mass is 393 g/mol. The van der Waals surface area contributed by atoms with Gasteiger partial charge in [0.05, 0.1) is 16.2 Å². The van der Waals surface area contributed by atoms with Crippen LogP contribution in [-0.4, -0.2) is 37.5 Å². The van der Waals surface area contributed by atoms with Crippen LogP contribution in [-0.2, 0) is 9.53 Å². The zero-order valence-corrected chi connectivity index (χ0v) is 15.9. The average molecular weight is 393 g/mol. The van der Waals surface area contributed by atoms with Crippen LogP contribution < -0.4 is 10.2 Å². The van der Waals surface area contributed by atoms with E-state index in [0.29, 0.717) is 11.4 Å². The van der Waals surface area contributed by atoms with Crippen LogP contribution in [0.2, 0.25) is 0 Å². The van der Waals surface area contributed by atoms with Crippen LogP contribution in [0, 0.1) is 10.1 Å². The topological polar surface area (TPSA) is 102 Å². The third kappa shape index (κ3) is 4.67. The van der Waals surface area contributed by atoms with Crippen molar-refractivity contribution in [3.05, 3.63) is 76.3 Å². The maximum absolute atomic E-state index is 12.4. The number of nitro benzene ring substituents is 1. The molecule has 0 spiro atoms. The van der Waals surface area contributed by atoms with Crippen molar-refractivity contribution in [2.24, 2.45) is 0 Å². The zero-order valence-electron chi connectivity index (χ0n) is 15.9. The Morgan fingerprint density at radius 1 is 1.03 bits per heavy atom. The van der Waals surface area contributed by atoms with Gasteiger partial charge >= 0.3 is 5.97 Å². The Morgan fingerprint density at radius 3 is 2.45 bits per heavy atom. The van der Waals surface area contributed by atoms with Crippen LogP contribution in [0.25, 0.3) is 10.8 Å². The molecule has 1 N–H and O–H groups in total. The predicted octanol–water partition coefficient (Wildman–Crippen LogP) is 3.61. The van der Waals surface area contributed by atoms with E-state index in [0.717, 1.165) is 16.8 Å². The van der Waals surface area contributed by atoms with E-state index in [1.807, 2.05) is 36.4 Å². The third-order valence-corrected chi connectivity index (χ3v) is 4.26. The van der Waals surface area contributed by atoms with Gasteiger partial charge in [-0.15, -0.1) is 0 Å². The Bertz CT molecular complexity index is 1090. The first kappa shape index (κ1) is 19.8. The summed E-state index contributed by atoms with van der Waals surface area (Å²) in [4.78, 5) is 36.6. The smallest absolute Gasteiger partial charge is 0.341 e. The molecule has 29 heavy (non-hydrogen) atoms. The molecule has 0 bridgehead atoms. The van der Waals surface area contributed by atoms with Gasteiger partial charge in [0.2, 0.25) is 0 Å². The molecule has 3 aromatic carbocycles. The second-order valence-corrected chi connectivity index (χ2v) is 6.54. The molecule has 8 heteroatoms. The number of nitrogens with zero attached hydrogens (tertiary/aromatic N) is 2. The minimum atomic E-state index is -0.814. The number of carbonyl (C=O) groups excluding carboxylic acids is 2. The molecule has 8 nitrogen and oxygen atoms in total. The number of rotatable bonds is 6. The molecule has 0 aliphatic carbocycles. The molecular weight excluding hydrogens is 374 g/mol. The Balaban J connectivity index is 1.68. The largest absolute Gasteiger partial charge is 0.452 e. The molecule has 0 saturated carbocycles. The summed E-state index contributed by atoms with van der Waals surface area (Å²) < 4.78 is 5.07. The number of esters is 1. The Morgan fingerprint density at radius 2 is 1.76 bits per heavy atom. The van der Waals surface area contributed by atoms with Crippen molar-refractivity contribution in [3.8, 4) is 0 Å². The van der Waals surface area contributed by atoms with Crippen LogP contribution in [0.4, 0.5) is 17.1 Å². The number of ether oxygens (including phenoxy) is 1. The predicted molar refractivity (Wildman–Crippen MR) is 110 cm³/mol. The lowest BCUT2D eigenvalue weighted by molar-refractivity contribution is -0.384. The van der Waals surface area contributed by atoms with Gasteiger partial charge < -0.3 is 15.0 Å². The number of benzene rings is 3. The lowest BCUT2D eigenvalue weighted by Gasteiger charge is -2.16. The molecule has 0 aliphatic heterocycles. The van der Waals surface area contributed by atoms with Gasteiger partial charge in [-0.3, -0.25) is 14.9 Å². The van der Waals surface area contributed by atoms with Crippen molar-refractivity contribution in [3.63, 3.8) is 0 Å². The summed E-state index contributed by atoms with van der Waals surface area (Å²) >= 11 is 0. The van der Waals surface area contributed by atoms with E-state index in [9.17, 15) is 19.7 Å². The molecule has 0 unspecified atom stereocenters. The van der Waals surface area contributed by atoms with Gasteiger partial charge in [-0.05, 0) is 29.0 Å². The first-order valence-electron chi connectivity index (χ1n) is 8.76. The van der Waals surface area contributed by atoms with Gasteiger partial charge in [0, 0.05) is 31.9 Å². The van der Waals surface area contributed by atoms with Crippen molar-refractivity contribution in [2.45, 2.75) is 0 Å². The summed E-state index contributed by atoms with van der Waals surface area (Å²) in [7, 11) is 3.40. The minimum absolute atomic E-state index is 0.0164. The molecule has 1 amide bonds. The fraction of sp³-hybridized carbons (Fsp3) is 0.143. The lowest BCUT2D eigenvalue weighted by atomic mass is 10.1. The maximum Gasteiger partial charge on any atom is 0.341 e. The van der Waals surface area contributed by atoms with Gasteiger partial charge in [0.15, 0.2) is 6.61 Å². The molecular formula is C21H19N3O5. The molecule has 0 radical (unpaired) electrons. The summed E-state index contributed by atoms with van der Waals surface area (Å²) in [6.07, 6.45) is 0. The van der Waals surface area contributed by atoms with E-state index in [-0.39, 0.29) is 11.3 Å². The van der Waals surface area contributed by atoms with Gasteiger partial charge in [-0.25, -0.2) is 4.79 Å². The Labute approximate surface area is 166 Å². The van der Waals surface area contributed by atoms with E-state index in [4.69, 9.17) is 4.74 Å². The number of anilines is 2. The van der Waals surface area contributed by atoms with Crippen LogP contribution >= 0.6 is 0 Å². The van der Waals surface area contributed by atoms with E-state index >= 15 is 0 Å². The van der Waals surface area contributed by atoms with E-state index in [1.165, 1.54) is 12.1 Å². The van der Waals surface area contributed by atoms with E-state index in [2.05, 4.69) is 5.32 Å². The first-order valence-corrected chi connectivity index (χ1v) is 8.76. The van der Waals surface area contributed by atoms with Crippen LogP contribution in [0.5, 0.6) is 0 Å². The number of nitrogens with one attached hydrogen (secondary N) is 1. The van der Waals surface area contributed by atoms with Crippen molar-refractivity contribution in [1.29, 1.82) is 0 Å². The van der Waals surface area contributed by atoms with E-state index < -0.39 is 23.4 Å². The van der Waals surface area contributed by atoms with Gasteiger partial charge in [0.1, 0.15) is 0 Å². The summed E-state index contributed by atoms with van der Waals surface area (Å²) in [6, 6.07) is 17.1. The number of hydrogen-bond acceptors (Lipinski definition) is 6. The second kappa shape index (κ2) is 8.39. The molecule has 0 atom stereocenters. The van der Waals surface area contributed by atoms with Crippen molar-refractivity contribution in [2.75, 3.05) is 30.9 Å². The van der Waals surface area contributed by atoms with Gasteiger partial charge in [-0.2, -0.15) is 0 Å². The molecule has 0 fully saturated rings. The number of amides is 1. The number of nitro groups is 1. The van der Waals surface area contributed by atoms with E-state index in [1.54, 1.807) is 25.1 Å². The lowest BCUT2D eigenvalue weighted by Crippen LogP contribution is -2.22. The fourth-order valence-electron chi connectivity index (χ4n) is 2.86. The molecule has 3 aromatic rings. The fourth-order valence-corrected chi connectivity index (χ4v) is 2.86. The second-order valence-electron chi connectivity index (χ2n) is 6.54. The third-order valence-electron chi connectivity index (χ3n) is 4.26. The average Bonchev–Trinajstić information content (AvgIpc) is 2.71. The SMILES string of the molecule is CN(C)c1ccc([N+](=O)[O-])cc1C(=O)OCC(=O)Nc1ccc2ccccc2c1. The molecule has 0 saturated heterocycles. The summed E-state index contributed by atoms with van der Waals surface area (Å²) in [5.41, 5.74) is 0.815. The standard InChI is InChI=1S/C21H19N3O5/c1-23(2)19-10-9-17(24(27)28)12-18(19)21(26)29-13-20(25)22-16-8-7-14-5-3-4-6-15(14)11-16/h3-12H,13H2,1-2H3,(H,22,25). The molecule has 3 rings (SSSR count). The summed E-state index contributed by atoms with van der Waals surface area (Å²) in [6.45, 7) is -0.513. The number of fused-ring (bicyclic) bond motifs is 1. The van der Waals surface area contributed by atoms with Crippen LogP contribution in [0.3, 0.4) is 0 Å².